The number of hydrogen-bond acceptors (Lipinski definition) is 4. The molecule has 0 fully saturated rings. The van der Waals surface area contributed by atoms with Crippen LogP contribution in [-0.2, 0) is 14.8 Å². The molecule has 3 rings (SSSR count). The van der Waals surface area contributed by atoms with Gasteiger partial charge in [-0.1, -0.05) is 28.1 Å². The SMILES string of the molecule is Cc1cc(C)cc(-n2c(C)cc(/C=N\NC(=O)CN(c3cccc(Br)c3)S(C)(=O)=O)c2C)c1. The van der Waals surface area contributed by atoms with E-state index in [-0.39, 0.29) is 6.54 Å². The van der Waals surface area contributed by atoms with Gasteiger partial charge in [-0.2, -0.15) is 5.10 Å². The number of carbonyl (C=O) groups excluding carboxylic acids is 1. The van der Waals surface area contributed by atoms with Crippen LogP contribution in [0.25, 0.3) is 5.69 Å². The smallest absolute Gasteiger partial charge is 0.260 e. The molecule has 2 aromatic carbocycles. The van der Waals surface area contributed by atoms with Crippen LogP contribution in [0, 0.1) is 27.7 Å². The third-order valence-corrected chi connectivity index (χ3v) is 6.75. The maximum Gasteiger partial charge on any atom is 0.260 e. The molecule has 0 aliphatic carbocycles. The topological polar surface area (TPSA) is 83.8 Å². The number of carbonyl (C=O) groups is 1. The van der Waals surface area contributed by atoms with Gasteiger partial charge in [0.05, 0.1) is 18.2 Å². The Morgan fingerprint density at radius 1 is 1.09 bits per heavy atom. The standard InChI is InChI=1S/C24H27BrN4O3S/c1-16-9-17(2)11-23(10-16)29-18(3)12-20(19(29)4)14-26-27-24(30)15-28(33(5,31)32)22-8-6-7-21(25)13-22/h6-14H,15H2,1-5H3,(H,27,30)/b26-14-. The number of aryl methyl sites for hydroxylation is 3. The first-order valence-corrected chi connectivity index (χ1v) is 12.9. The van der Waals surface area contributed by atoms with Gasteiger partial charge in [-0.25, -0.2) is 13.8 Å². The number of benzene rings is 2. The van der Waals surface area contributed by atoms with Crippen molar-refractivity contribution in [3.63, 3.8) is 0 Å². The number of nitrogens with zero attached hydrogens (tertiary/aromatic N) is 3. The number of sulfonamides is 1. The molecule has 33 heavy (non-hydrogen) atoms. The molecule has 0 unspecified atom stereocenters. The van der Waals surface area contributed by atoms with Crippen molar-refractivity contribution >= 4 is 43.8 Å². The van der Waals surface area contributed by atoms with Crippen LogP contribution in [0.5, 0.6) is 0 Å². The number of anilines is 1. The van der Waals surface area contributed by atoms with Crippen LogP contribution in [0.3, 0.4) is 0 Å². The zero-order valence-electron chi connectivity index (χ0n) is 19.3. The highest BCUT2D eigenvalue weighted by Gasteiger charge is 2.21. The fraction of sp³-hybridized carbons (Fsp3) is 0.250. The third-order valence-electron chi connectivity index (χ3n) is 5.11. The Hall–Kier alpha value is -2.91. The normalized spacial score (nSPS) is 11.7. The van der Waals surface area contributed by atoms with E-state index in [0.29, 0.717) is 10.2 Å². The third kappa shape index (κ3) is 6.11. The Morgan fingerprint density at radius 3 is 2.36 bits per heavy atom. The molecule has 1 N–H and O–H groups in total. The molecule has 0 saturated heterocycles. The van der Waals surface area contributed by atoms with Gasteiger partial charge in [-0.3, -0.25) is 9.10 Å². The van der Waals surface area contributed by atoms with E-state index >= 15 is 0 Å². The molecule has 3 aromatic rings. The molecule has 1 aromatic heterocycles. The average Bonchev–Trinajstić information content (AvgIpc) is 2.97. The zero-order valence-corrected chi connectivity index (χ0v) is 21.7. The number of halogens is 1. The van der Waals surface area contributed by atoms with Crippen molar-refractivity contribution in [2.24, 2.45) is 5.10 Å². The largest absolute Gasteiger partial charge is 0.318 e. The predicted molar refractivity (Wildman–Crippen MR) is 137 cm³/mol. The number of hydrogen-bond donors (Lipinski definition) is 1. The minimum absolute atomic E-state index is 0.381. The molecule has 0 saturated carbocycles. The first kappa shape index (κ1) is 24.7. The van der Waals surface area contributed by atoms with Crippen LogP contribution in [0.4, 0.5) is 5.69 Å². The number of hydrazone groups is 1. The molecule has 0 spiro atoms. The summed E-state index contributed by atoms with van der Waals surface area (Å²) in [5.74, 6) is -0.542. The fourth-order valence-corrected chi connectivity index (χ4v) is 5.00. The van der Waals surface area contributed by atoms with Crippen LogP contribution in [0.15, 0.2) is 58.1 Å². The molecule has 0 radical (unpaired) electrons. The summed E-state index contributed by atoms with van der Waals surface area (Å²) in [5.41, 5.74) is 9.16. The van der Waals surface area contributed by atoms with Gasteiger partial charge < -0.3 is 4.57 Å². The molecule has 0 aliphatic rings. The Bertz CT molecular complexity index is 1310. The summed E-state index contributed by atoms with van der Waals surface area (Å²) in [4.78, 5) is 12.5. The van der Waals surface area contributed by atoms with E-state index in [2.05, 4.69) is 63.1 Å². The van der Waals surface area contributed by atoms with Crippen molar-refractivity contribution in [1.82, 2.24) is 9.99 Å². The van der Waals surface area contributed by atoms with Gasteiger partial charge >= 0.3 is 0 Å². The predicted octanol–water partition coefficient (Wildman–Crippen LogP) is 4.39. The maximum absolute atomic E-state index is 12.5. The summed E-state index contributed by atoms with van der Waals surface area (Å²) in [6, 6.07) is 15.1. The quantitative estimate of drug-likeness (QED) is 0.363. The molecular formula is C24H27BrN4O3S. The second-order valence-corrected chi connectivity index (χ2v) is 10.9. The lowest BCUT2D eigenvalue weighted by Crippen LogP contribution is -2.39. The minimum Gasteiger partial charge on any atom is -0.318 e. The van der Waals surface area contributed by atoms with E-state index in [1.165, 1.54) is 11.1 Å². The fourth-order valence-electron chi connectivity index (χ4n) is 3.77. The van der Waals surface area contributed by atoms with E-state index in [9.17, 15) is 13.2 Å². The maximum atomic E-state index is 12.5. The van der Waals surface area contributed by atoms with E-state index in [0.717, 1.165) is 33.2 Å². The summed E-state index contributed by atoms with van der Waals surface area (Å²) >= 11 is 3.32. The van der Waals surface area contributed by atoms with Crippen molar-refractivity contribution in [3.05, 3.63) is 81.1 Å². The number of rotatable bonds is 7. The Balaban J connectivity index is 1.76. The average molecular weight is 531 g/mol. The van der Waals surface area contributed by atoms with Gasteiger partial charge in [0.2, 0.25) is 10.0 Å². The number of aromatic nitrogens is 1. The Kier molecular flexibility index (Phi) is 7.44. The van der Waals surface area contributed by atoms with Crippen LogP contribution in [0.1, 0.15) is 28.1 Å². The Labute approximate surface area is 203 Å². The second kappa shape index (κ2) is 9.93. The summed E-state index contributed by atoms with van der Waals surface area (Å²) in [5, 5.41) is 4.06. The molecular weight excluding hydrogens is 504 g/mol. The molecule has 1 amide bonds. The summed E-state index contributed by atoms with van der Waals surface area (Å²) in [7, 11) is -3.66. The van der Waals surface area contributed by atoms with Crippen molar-refractivity contribution in [2.45, 2.75) is 27.7 Å². The first-order valence-electron chi connectivity index (χ1n) is 10.3. The van der Waals surface area contributed by atoms with Crippen molar-refractivity contribution in [2.75, 3.05) is 17.1 Å². The second-order valence-electron chi connectivity index (χ2n) is 8.05. The van der Waals surface area contributed by atoms with Gasteiger partial charge in [-0.15, -0.1) is 0 Å². The molecule has 7 nitrogen and oxygen atoms in total. The van der Waals surface area contributed by atoms with Crippen LogP contribution < -0.4 is 9.73 Å². The van der Waals surface area contributed by atoms with Crippen molar-refractivity contribution < 1.29 is 13.2 Å². The lowest BCUT2D eigenvalue weighted by molar-refractivity contribution is -0.119. The molecule has 9 heteroatoms. The minimum atomic E-state index is -3.66. The van der Waals surface area contributed by atoms with Gasteiger partial charge in [0.1, 0.15) is 6.54 Å². The Morgan fingerprint density at radius 2 is 1.76 bits per heavy atom. The summed E-state index contributed by atoms with van der Waals surface area (Å²) in [6.45, 7) is 7.76. The van der Waals surface area contributed by atoms with E-state index in [1.807, 2.05) is 19.9 Å². The van der Waals surface area contributed by atoms with Crippen molar-refractivity contribution in [1.29, 1.82) is 0 Å². The molecule has 0 aliphatic heterocycles. The summed E-state index contributed by atoms with van der Waals surface area (Å²) < 4.78 is 28.4. The zero-order chi connectivity index (χ0) is 24.3. The van der Waals surface area contributed by atoms with Crippen LogP contribution >= 0.6 is 15.9 Å². The molecule has 0 bridgehead atoms. The summed E-state index contributed by atoms with van der Waals surface area (Å²) in [6.07, 6.45) is 2.63. The van der Waals surface area contributed by atoms with Crippen LogP contribution in [0.2, 0.25) is 0 Å². The lowest BCUT2D eigenvalue weighted by atomic mass is 10.1. The highest BCUT2D eigenvalue weighted by molar-refractivity contribution is 9.10. The molecule has 0 atom stereocenters. The lowest BCUT2D eigenvalue weighted by Gasteiger charge is -2.21. The van der Waals surface area contributed by atoms with Gasteiger partial charge in [-0.05, 0) is 75.2 Å². The van der Waals surface area contributed by atoms with Gasteiger partial charge in [0.15, 0.2) is 0 Å². The molecule has 1 heterocycles. The van der Waals surface area contributed by atoms with Gasteiger partial charge in [0.25, 0.3) is 5.91 Å². The van der Waals surface area contributed by atoms with Gasteiger partial charge in [0, 0.05) is 27.1 Å². The monoisotopic (exact) mass is 530 g/mol. The number of amides is 1. The van der Waals surface area contributed by atoms with Crippen LogP contribution in [-0.4, -0.2) is 37.9 Å². The molecule has 174 valence electrons. The first-order chi connectivity index (χ1) is 15.5. The van der Waals surface area contributed by atoms with E-state index < -0.39 is 15.9 Å². The highest BCUT2D eigenvalue weighted by Crippen LogP contribution is 2.23. The number of nitrogens with one attached hydrogen (secondary N) is 1. The van der Waals surface area contributed by atoms with E-state index in [1.54, 1.807) is 30.5 Å². The van der Waals surface area contributed by atoms with E-state index in [4.69, 9.17) is 0 Å². The van der Waals surface area contributed by atoms with Crippen molar-refractivity contribution in [3.8, 4) is 5.69 Å². The highest BCUT2D eigenvalue weighted by atomic mass is 79.9.